The van der Waals surface area contributed by atoms with Crippen molar-refractivity contribution in [2.75, 3.05) is 0 Å². The summed E-state index contributed by atoms with van der Waals surface area (Å²) in [5, 5.41) is 5.05. The molecule has 0 aliphatic heterocycles. The fourth-order valence-corrected chi connectivity index (χ4v) is 2.09. The summed E-state index contributed by atoms with van der Waals surface area (Å²) in [6.07, 6.45) is 3.25. The Bertz CT molecular complexity index is 438. The van der Waals surface area contributed by atoms with E-state index in [1.807, 2.05) is 13.0 Å². The minimum atomic E-state index is -3.56. The van der Waals surface area contributed by atoms with Crippen LogP contribution in [-0.2, 0) is 16.4 Å². The van der Waals surface area contributed by atoms with Gasteiger partial charge in [0.15, 0.2) is 0 Å². The van der Waals surface area contributed by atoms with Crippen LogP contribution in [0.15, 0.2) is 23.1 Å². The van der Waals surface area contributed by atoms with Gasteiger partial charge in [-0.15, -0.1) is 0 Å². The maximum atomic E-state index is 11.1. The SMILES string of the molecule is CCCCc1ccc(S(N)(=O)=O)cc1C. The molecule has 0 amide bonds. The fraction of sp³-hybridized carbons (Fsp3) is 0.455. The summed E-state index contributed by atoms with van der Waals surface area (Å²) >= 11 is 0. The Labute approximate surface area is 91.4 Å². The molecule has 4 heteroatoms. The molecule has 0 radical (unpaired) electrons. The maximum absolute atomic E-state index is 11.1. The summed E-state index contributed by atoms with van der Waals surface area (Å²) in [4.78, 5) is 0.195. The Hall–Kier alpha value is -0.870. The van der Waals surface area contributed by atoms with Crippen LogP contribution in [0.3, 0.4) is 0 Å². The van der Waals surface area contributed by atoms with Crippen LogP contribution in [0.2, 0.25) is 0 Å². The van der Waals surface area contributed by atoms with Crippen molar-refractivity contribution in [1.29, 1.82) is 0 Å². The predicted molar refractivity (Wildman–Crippen MR) is 61.2 cm³/mol. The Morgan fingerprint density at radius 3 is 2.47 bits per heavy atom. The molecule has 0 heterocycles. The average molecular weight is 227 g/mol. The lowest BCUT2D eigenvalue weighted by Gasteiger charge is -2.06. The maximum Gasteiger partial charge on any atom is 0.238 e. The van der Waals surface area contributed by atoms with Gasteiger partial charge in [-0.25, -0.2) is 13.6 Å². The van der Waals surface area contributed by atoms with Crippen molar-refractivity contribution in [2.45, 2.75) is 38.0 Å². The van der Waals surface area contributed by atoms with Crippen molar-refractivity contribution in [1.82, 2.24) is 0 Å². The highest BCUT2D eigenvalue weighted by Crippen LogP contribution is 2.16. The van der Waals surface area contributed by atoms with Crippen molar-refractivity contribution >= 4 is 10.0 Å². The van der Waals surface area contributed by atoms with Crippen molar-refractivity contribution in [3.8, 4) is 0 Å². The normalized spacial score (nSPS) is 11.7. The number of hydrogen-bond donors (Lipinski definition) is 1. The minimum absolute atomic E-state index is 0.195. The van der Waals surface area contributed by atoms with E-state index in [0.29, 0.717) is 0 Å². The van der Waals surface area contributed by atoms with Crippen LogP contribution in [0.5, 0.6) is 0 Å². The van der Waals surface area contributed by atoms with Gasteiger partial charge in [-0.1, -0.05) is 19.4 Å². The number of rotatable bonds is 4. The van der Waals surface area contributed by atoms with Gasteiger partial charge < -0.3 is 0 Å². The van der Waals surface area contributed by atoms with E-state index in [0.717, 1.165) is 24.8 Å². The Balaban J connectivity index is 2.99. The first-order valence-corrected chi connectivity index (χ1v) is 6.62. The quantitative estimate of drug-likeness (QED) is 0.855. The van der Waals surface area contributed by atoms with E-state index in [1.54, 1.807) is 12.1 Å². The van der Waals surface area contributed by atoms with Crippen LogP contribution < -0.4 is 5.14 Å². The lowest BCUT2D eigenvalue weighted by molar-refractivity contribution is 0.597. The monoisotopic (exact) mass is 227 g/mol. The summed E-state index contributed by atoms with van der Waals surface area (Å²) < 4.78 is 22.2. The Morgan fingerprint density at radius 1 is 1.33 bits per heavy atom. The molecular weight excluding hydrogens is 210 g/mol. The van der Waals surface area contributed by atoms with Gasteiger partial charge in [0.25, 0.3) is 0 Å². The van der Waals surface area contributed by atoms with Gasteiger partial charge in [0.05, 0.1) is 4.90 Å². The molecule has 2 N–H and O–H groups in total. The van der Waals surface area contributed by atoms with Gasteiger partial charge in [0.2, 0.25) is 10.0 Å². The number of sulfonamides is 1. The molecule has 15 heavy (non-hydrogen) atoms. The van der Waals surface area contributed by atoms with E-state index < -0.39 is 10.0 Å². The number of unbranched alkanes of at least 4 members (excludes halogenated alkanes) is 1. The van der Waals surface area contributed by atoms with E-state index in [2.05, 4.69) is 6.92 Å². The first-order chi connectivity index (χ1) is 6.95. The van der Waals surface area contributed by atoms with Gasteiger partial charge >= 0.3 is 0 Å². The third-order valence-corrected chi connectivity index (χ3v) is 3.35. The zero-order chi connectivity index (χ0) is 11.5. The molecule has 0 spiro atoms. The first kappa shape index (κ1) is 12.2. The third kappa shape index (κ3) is 3.32. The molecule has 0 saturated heterocycles. The number of benzene rings is 1. The Morgan fingerprint density at radius 2 is 2.00 bits per heavy atom. The standard InChI is InChI=1S/C11H17NO2S/c1-3-4-5-10-6-7-11(8-9(10)2)15(12,13)14/h6-8H,3-5H2,1-2H3,(H2,12,13,14). The minimum Gasteiger partial charge on any atom is -0.225 e. The van der Waals surface area contributed by atoms with Crippen molar-refractivity contribution in [2.24, 2.45) is 5.14 Å². The zero-order valence-electron chi connectivity index (χ0n) is 9.16. The molecule has 1 aromatic rings. The van der Waals surface area contributed by atoms with Crippen molar-refractivity contribution in [3.05, 3.63) is 29.3 Å². The highest BCUT2D eigenvalue weighted by molar-refractivity contribution is 7.89. The Kier molecular flexibility index (Phi) is 3.88. The van der Waals surface area contributed by atoms with Crippen molar-refractivity contribution < 1.29 is 8.42 Å². The van der Waals surface area contributed by atoms with Crippen LogP contribution in [0.4, 0.5) is 0 Å². The predicted octanol–water partition coefficient (Wildman–Crippen LogP) is 1.99. The fourth-order valence-electron chi connectivity index (χ4n) is 1.49. The summed E-state index contributed by atoms with van der Waals surface area (Å²) in [7, 11) is -3.56. The van der Waals surface area contributed by atoms with Crippen LogP contribution in [0.25, 0.3) is 0 Å². The number of aryl methyl sites for hydroxylation is 2. The topological polar surface area (TPSA) is 60.2 Å². The molecule has 0 aromatic heterocycles. The lowest BCUT2D eigenvalue weighted by Crippen LogP contribution is -2.12. The molecule has 0 fully saturated rings. The summed E-state index contributed by atoms with van der Waals surface area (Å²) in [5.74, 6) is 0. The van der Waals surface area contributed by atoms with E-state index in [4.69, 9.17) is 5.14 Å². The largest absolute Gasteiger partial charge is 0.238 e. The number of primary sulfonamides is 1. The molecule has 0 saturated carbocycles. The first-order valence-electron chi connectivity index (χ1n) is 5.07. The molecular formula is C11H17NO2S. The van der Waals surface area contributed by atoms with E-state index in [1.165, 1.54) is 5.56 Å². The van der Waals surface area contributed by atoms with Crippen molar-refractivity contribution in [3.63, 3.8) is 0 Å². The molecule has 0 atom stereocenters. The van der Waals surface area contributed by atoms with Gasteiger partial charge in [0, 0.05) is 0 Å². The molecule has 0 bridgehead atoms. The van der Waals surface area contributed by atoms with Crippen LogP contribution in [0, 0.1) is 6.92 Å². The number of hydrogen-bond acceptors (Lipinski definition) is 2. The molecule has 1 aromatic carbocycles. The summed E-state index contributed by atoms with van der Waals surface area (Å²) in [5.41, 5.74) is 2.19. The molecule has 3 nitrogen and oxygen atoms in total. The summed E-state index contributed by atoms with van der Waals surface area (Å²) in [6.45, 7) is 4.05. The van der Waals surface area contributed by atoms with E-state index in [9.17, 15) is 8.42 Å². The molecule has 0 aliphatic carbocycles. The second-order valence-corrected chi connectivity index (χ2v) is 5.30. The van der Waals surface area contributed by atoms with Crippen LogP contribution in [-0.4, -0.2) is 8.42 Å². The van der Waals surface area contributed by atoms with Gasteiger partial charge in [-0.05, 0) is 43.0 Å². The van der Waals surface area contributed by atoms with Gasteiger partial charge in [0.1, 0.15) is 0 Å². The third-order valence-electron chi connectivity index (χ3n) is 2.44. The van der Waals surface area contributed by atoms with Crippen LogP contribution >= 0.6 is 0 Å². The molecule has 0 aliphatic rings. The van der Waals surface area contributed by atoms with E-state index >= 15 is 0 Å². The molecule has 84 valence electrons. The summed E-state index contributed by atoms with van der Waals surface area (Å²) in [6, 6.07) is 5.07. The van der Waals surface area contributed by atoms with Gasteiger partial charge in [-0.3, -0.25) is 0 Å². The average Bonchev–Trinajstić information content (AvgIpc) is 2.14. The molecule has 0 unspecified atom stereocenters. The highest BCUT2D eigenvalue weighted by atomic mass is 32.2. The zero-order valence-corrected chi connectivity index (χ0v) is 9.97. The van der Waals surface area contributed by atoms with Gasteiger partial charge in [-0.2, -0.15) is 0 Å². The smallest absolute Gasteiger partial charge is 0.225 e. The second-order valence-electron chi connectivity index (χ2n) is 3.74. The second kappa shape index (κ2) is 4.77. The van der Waals surface area contributed by atoms with Crippen LogP contribution in [0.1, 0.15) is 30.9 Å². The lowest BCUT2D eigenvalue weighted by atomic mass is 10.0. The molecule has 1 rings (SSSR count). The number of nitrogens with two attached hydrogens (primary N) is 1. The van der Waals surface area contributed by atoms with E-state index in [-0.39, 0.29) is 4.90 Å². The highest BCUT2D eigenvalue weighted by Gasteiger charge is 2.08.